The van der Waals surface area contributed by atoms with Gasteiger partial charge < -0.3 is 24.8 Å². The van der Waals surface area contributed by atoms with Gasteiger partial charge in [-0.05, 0) is 55.9 Å². The van der Waals surface area contributed by atoms with E-state index < -0.39 is 11.0 Å². The predicted octanol–water partition coefficient (Wildman–Crippen LogP) is 3.66. The third-order valence-corrected chi connectivity index (χ3v) is 10.9. The SMILES string of the molecule is O=C(CCC1CCCCC1)N1CCC(O)(Cn2cc(C(=O)N3CCNCC3)c(C3CC3)cc2=O)C2(CCCC2)C1. The lowest BCUT2D eigenvalue weighted by atomic mass is 9.65. The van der Waals surface area contributed by atoms with Crippen LogP contribution in [-0.2, 0) is 11.3 Å². The van der Waals surface area contributed by atoms with E-state index >= 15 is 0 Å². The average Bonchev–Trinajstić information content (AvgIpc) is 3.72. The fourth-order valence-corrected chi connectivity index (χ4v) is 8.22. The Bertz CT molecular complexity index is 1140. The van der Waals surface area contributed by atoms with Gasteiger partial charge in [-0.25, -0.2) is 0 Å². The number of hydrogen-bond acceptors (Lipinski definition) is 5. The van der Waals surface area contributed by atoms with Crippen molar-refractivity contribution in [3.05, 3.63) is 33.7 Å². The van der Waals surface area contributed by atoms with Gasteiger partial charge in [-0.15, -0.1) is 0 Å². The Labute approximate surface area is 238 Å². The lowest BCUT2D eigenvalue weighted by Crippen LogP contribution is -2.62. The van der Waals surface area contributed by atoms with E-state index in [1.54, 1.807) is 16.8 Å². The highest BCUT2D eigenvalue weighted by molar-refractivity contribution is 5.95. The Morgan fingerprint density at radius 2 is 1.65 bits per heavy atom. The summed E-state index contributed by atoms with van der Waals surface area (Å²) in [5.41, 5.74) is -0.104. The first-order valence-corrected chi connectivity index (χ1v) is 16.1. The van der Waals surface area contributed by atoms with Gasteiger partial charge in [0.15, 0.2) is 0 Å². The molecular formula is C32H48N4O4. The molecule has 3 heterocycles. The molecule has 2 saturated heterocycles. The summed E-state index contributed by atoms with van der Waals surface area (Å²) >= 11 is 0. The molecule has 5 fully saturated rings. The van der Waals surface area contributed by atoms with Crippen molar-refractivity contribution in [1.29, 1.82) is 0 Å². The van der Waals surface area contributed by atoms with Crippen LogP contribution in [0.1, 0.15) is 112 Å². The summed E-state index contributed by atoms with van der Waals surface area (Å²) in [6, 6.07) is 1.67. The van der Waals surface area contributed by atoms with Crippen molar-refractivity contribution in [2.75, 3.05) is 39.3 Å². The van der Waals surface area contributed by atoms with Crippen molar-refractivity contribution in [2.45, 2.75) is 108 Å². The molecule has 5 aliphatic rings. The lowest BCUT2D eigenvalue weighted by Gasteiger charge is -2.52. The summed E-state index contributed by atoms with van der Waals surface area (Å²) in [6.07, 6.45) is 16.1. The number of nitrogens with zero attached hydrogens (tertiary/aromatic N) is 3. The zero-order chi connectivity index (χ0) is 27.7. The molecule has 3 aliphatic carbocycles. The number of carbonyl (C=O) groups excluding carboxylic acids is 2. The maximum atomic E-state index is 13.6. The maximum Gasteiger partial charge on any atom is 0.255 e. The van der Waals surface area contributed by atoms with Crippen LogP contribution in [0.25, 0.3) is 0 Å². The standard InChI is InChI=1S/C32H48N4O4/c37-28(11-8-24-6-2-1-3-7-24)35-17-14-32(40,31(22-35)12-4-5-13-31)23-36-21-27(26(20-29(36)38)25-9-10-25)30(39)34-18-15-33-16-19-34/h20-21,24-25,33,40H,1-19,22-23H2. The molecule has 1 aromatic rings. The third-order valence-electron chi connectivity index (χ3n) is 10.9. The highest BCUT2D eigenvalue weighted by Gasteiger charge is 2.55. The molecule has 1 spiro atoms. The van der Waals surface area contributed by atoms with Crippen LogP contribution in [0, 0.1) is 11.3 Å². The van der Waals surface area contributed by atoms with Crippen LogP contribution in [0.2, 0.25) is 0 Å². The highest BCUT2D eigenvalue weighted by Crippen LogP contribution is 2.52. The number of carbonyl (C=O) groups is 2. The summed E-state index contributed by atoms with van der Waals surface area (Å²) in [5, 5.41) is 15.6. The zero-order valence-corrected chi connectivity index (χ0v) is 24.2. The lowest BCUT2D eigenvalue weighted by molar-refractivity contribution is -0.160. The van der Waals surface area contributed by atoms with E-state index in [0.717, 1.165) is 63.6 Å². The number of hydrogen-bond donors (Lipinski definition) is 2. The van der Waals surface area contributed by atoms with E-state index in [9.17, 15) is 19.5 Å². The summed E-state index contributed by atoms with van der Waals surface area (Å²) in [5.74, 6) is 1.20. The number of piperazine rings is 1. The monoisotopic (exact) mass is 552 g/mol. The second kappa shape index (κ2) is 11.6. The number of pyridine rings is 1. The number of rotatable bonds is 7. The van der Waals surface area contributed by atoms with Gasteiger partial charge in [0.05, 0.1) is 17.7 Å². The largest absolute Gasteiger partial charge is 0.387 e. The zero-order valence-electron chi connectivity index (χ0n) is 24.2. The molecule has 3 saturated carbocycles. The molecule has 1 atom stereocenters. The van der Waals surface area contributed by atoms with E-state index in [1.165, 1.54) is 32.1 Å². The van der Waals surface area contributed by atoms with Crippen LogP contribution >= 0.6 is 0 Å². The van der Waals surface area contributed by atoms with E-state index in [1.807, 2.05) is 9.80 Å². The molecule has 2 aliphatic heterocycles. The summed E-state index contributed by atoms with van der Waals surface area (Å²) < 4.78 is 1.61. The first kappa shape index (κ1) is 28.0. The number of likely N-dealkylation sites (tertiary alicyclic amines) is 1. The Hall–Kier alpha value is -2.19. The second-order valence-electron chi connectivity index (χ2n) is 13.6. The summed E-state index contributed by atoms with van der Waals surface area (Å²) in [7, 11) is 0. The molecule has 6 rings (SSSR count). The van der Waals surface area contributed by atoms with Gasteiger partial charge >= 0.3 is 0 Å². The van der Waals surface area contributed by atoms with Gasteiger partial charge in [0.1, 0.15) is 0 Å². The molecule has 1 aromatic heterocycles. The van der Waals surface area contributed by atoms with E-state index in [4.69, 9.17) is 0 Å². The number of piperidine rings is 1. The average molecular weight is 553 g/mol. The van der Waals surface area contributed by atoms with Crippen LogP contribution in [-0.4, -0.2) is 76.2 Å². The normalized spacial score (nSPS) is 27.3. The minimum atomic E-state index is -1.08. The summed E-state index contributed by atoms with van der Waals surface area (Å²) in [4.78, 5) is 44.2. The highest BCUT2D eigenvalue weighted by atomic mass is 16.3. The van der Waals surface area contributed by atoms with Gasteiger partial charge in [0.2, 0.25) is 5.91 Å². The van der Waals surface area contributed by atoms with Crippen LogP contribution in [0.4, 0.5) is 0 Å². The molecule has 0 bridgehead atoms. The van der Waals surface area contributed by atoms with Crippen LogP contribution in [0.15, 0.2) is 17.1 Å². The van der Waals surface area contributed by atoms with Crippen molar-refractivity contribution in [3.63, 3.8) is 0 Å². The molecular weight excluding hydrogens is 504 g/mol. The van der Waals surface area contributed by atoms with E-state index in [2.05, 4.69) is 5.32 Å². The minimum Gasteiger partial charge on any atom is -0.387 e. The molecule has 8 nitrogen and oxygen atoms in total. The topological polar surface area (TPSA) is 94.9 Å². The Morgan fingerprint density at radius 3 is 2.35 bits per heavy atom. The van der Waals surface area contributed by atoms with Gasteiger partial charge in [-0.1, -0.05) is 44.9 Å². The predicted molar refractivity (Wildman–Crippen MR) is 154 cm³/mol. The van der Waals surface area contributed by atoms with Crippen molar-refractivity contribution in [3.8, 4) is 0 Å². The van der Waals surface area contributed by atoms with Gasteiger partial charge in [0, 0.05) is 63.4 Å². The van der Waals surface area contributed by atoms with Gasteiger partial charge in [0.25, 0.3) is 11.5 Å². The Balaban J connectivity index is 1.21. The first-order valence-electron chi connectivity index (χ1n) is 16.1. The van der Waals surface area contributed by atoms with Crippen LogP contribution in [0.3, 0.4) is 0 Å². The fourth-order valence-electron chi connectivity index (χ4n) is 8.22. The third kappa shape index (κ3) is 5.63. The Kier molecular flexibility index (Phi) is 8.10. The van der Waals surface area contributed by atoms with Crippen molar-refractivity contribution >= 4 is 11.8 Å². The smallest absolute Gasteiger partial charge is 0.255 e. The molecule has 8 heteroatoms. The molecule has 1 unspecified atom stereocenters. The van der Waals surface area contributed by atoms with Crippen LogP contribution < -0.4 is 10.9 Å². The molecule has 2 amide bonds. The fraction of sp³-hybridized carbons (Fsp3) is 0.781. The number of aliphatic hydroxyl groups is 1. The number of amides is 2. The van der Waals surface area contributed by atoms with E-state index in [0.29, 0.717) is 50.5 Å². The number of nitrogens with one attached hydrogen (secondary N) is 1. The molecule has 2 N–H and O–H groups in total. The quantitative estimate of drug-likeness (QED) is 0.539. The Morgan fingerprint density at radius 1 is 0.925 bits per heavy atom. The summed E-state index contributed by atoms with van der Waals surface area (Å²) in [6.45, 7) is 4.18. The van der Waals surface area contributed by atoms with Gasteiger partial charge in [-0.2, -0.15) is 0 Å². The second-order valence-corrected chi connectivity index (χ2v) is 13.6. The molecule has 0 radical (unpaired) electrons. The molecule has 0 aromatic carbocycles. The van der Waals surface area contributed by atoms with Crippen molar-refractivity contribution in [1.82, 2.24) is 19.7 Å². The first-order chi connectivity index (χ1) is 19.4. The molecule has 220 valence electrons. The van der Waals surface area contributed by atoms with Gasteiger partial charge in [-0.3, -0.25) is 14.4 Å². The maximum absolute atomic E-state index is 13.6. The van der Waals surface area contributed by atoms with Crippen LogP contribution in [0.5, 0.6) is 0 Å². The van der Waals surface area contributed by atoms with Crippen molar-refractivity contribution in [2.24, 2.45) is 11.3 Å². The van der Waals surface area contributed by atoms with Crippen molar-refractivity contribution < 1.29 is 14.7 Å². The van der Waals surface area contributed by atoms with E-state index in [-0.39, 0.29) is 29.8 Å². The minimum absolute atomic E-state index is 0.00176. The number of aromatic nitrogens is 1. The molecule has 40 heavy (non-hydrogen) atoms.